The van der Waals surface area contributed by atoms with Crippen LogP contribution in [0.4, 0.5) is 11.6 Å². The number of aromatic nitrogens is 7. The van der Waals surface area contributed by atoms with E-state index in [1.54, 1.807) is 33.9 Å². The lowest BCUT2D eigenvalue weighted by molar-refractivity contribution is -0.0503. The maximum atomic E-state index is 13.9. The van der Waals surface area contributed by atoms with Crippen LogP contribution < -0.4 is 15.6 Å². The van der Waals surface area contributed by atoms with Crippen LogP contribution in [0, 0.1) is 0 Å². The normalized spacial score (nSPS) is 18.0. The molecule has 0 unspecified atom stereocenters. The van der Waals surface area contributed by atoms with Gasteiger partial charge in [-0.25, -0.2) is 9.50 Å². The van der Waals surface area contributed by atoms with Crippen molar-refractivity contribution in [3.8, 4) is 11.5 Å². The van der Waals surface area contributed by atoms with Gasteiger partial charge >= 0.3 is 0 Å². The Morgan fingerprint density at radius 3 is 2.73 bits per heavy atom. The SMILES string of the molecule is Cn1c(Nc2cc(C3CC3)cn([C@@H]3CC[C@H]3OCc3ccccc3)c2=O)nc2ncc(Oc3cnn4ccncc34)c(Cl)c21. The van der Waals surface area contributed by atoms with E-state index in [4.69, 9.17) is 21.1 Å². The minimum atomic E-state index is -0.107. The summed E-state index contributed by atoms with van der Waals surface area (Å²) in [5, 5.41) is 7.93. The van der Waals surface area contributed by atoms with Gasteiger partial charge in [0.15, 0.2) is 17.1 Å². The third-order valence-corrected chi connectivity index (χ3v) is 8.88. The summed E-state index contributed by atoms with van der Waals surface area (Å²) in [7, 11) is 1.83. The summed E-state index contributed by atoms with van der Waals surface area (Å²) in [5.74, 6) is 1.77. The van der Waals surface area contributed by atoms with Crippen LogP contribution in [0.15, 0.2) is 78.4 Å². The monoisotopic (exact) mass is 608 g/mol. The van der Waals surface area contributed by atoms with Crippen LogP contribution in [-0.4, -0.2) is 39.8 Å². The molecule has 0 amide bonds. The highest BCUT2D eigenvalue weighted by Crippen LogP contribution is 2.42. The molecule has 0 bridgehead atoms. The summed E-state index contributed by atoms with van der Waals surface area (Å²) in [6.07, 6.45) is 14.2. The van der Waals surface area contributed by atoms with Crippen LogP contribution >= 0.6 is 11.6 Å². The molecule has 2 atom stereocenters. The molecule has 2 saturated carbocycles. The molecule has 1 N–H and O–H groups in total. The van der Waals surface area contributed by atoms with Crippen molar-refractivity contribution in [2.45, 2.75) is 50.4 Å². The highest BCUT2D eigenvalue weighted by Gasteiger charge is 2.36. The average molecular weight is 609 g/mol. The number of rotatable bonds is 9. The zero-order valence-corrected chi connectivity index (χ0v) is 24.7. The number of pyridine rings is 2. The number of nitrogens with one attached hydrogen (secondary N) is 1. The average Bonchev–Trinajstić information content (AvgIpc) is 3.73. The van der Waals surface area contributed by atoms with Gasteiger partial charge in [0, 0.05) is 25.6 Å². The summed E-state index contributed by atoms with van der Waals surface area (Å²) < 4.78 is 17.7. The van der Waals surface area contributed by atoms with Gasteiger partial charge in [-0.1, -0.05) is 41.9 Å². The second-order valence-electron chi connectivity index (χ2n) is 11.4. The number of hydrogen-bond donors (Lipinski definition) is 1. The fourth-order valence-electron chi connectivity index (χ4n) is 5.77. The molecule has 5 aromatic heterocycles. The van der Waals surface area contributed by atoms with Gasteiger partial charge < -0.3 is 23.9 Å². The molecule has 0 radical (unpaired) electrons. The Morgan fingerprint density at radius 1 is 1.07 bits per heavy atom. The smallest absolute Gasteiger partial charge is 0.274 e. The fraction of sp³-hybridized carbons (Fsp3) is 0.281. The van der Waals surface area contributed by atoms with Gasteiger partial charge in [0.25, 0.3) is 5.56 Å². The van der Waals surface area contributed by atoms with Crippen molar-refractivity contribution in [2.75, 3.05) is 5.32 Å². The van der Waals surface area contributed by atoms with E-state index in [-0.39, 0.29) is 17.7 Å². The molecular weight excluding hydrogens is 580 g/mol. The summed E-state index contributed by atoms with van der Waals surface area (Å²) in [6, 6.07) is 12.1. The Bertz CT molecular complexity index is 2070. The van der Waals surface area contributed by atoms with Crippen LogP contribution in [0.25, 0.3) is 16.7 Å². The Morgan fingerprint density at radius 2 is 1.93 bits per heavy atom. The minimum Gasteiger partial charge on any atom is -0.450 e. The second-order valence-corrected chi connectivity index (χ2v) is 11.8. The zero-order valence-electron chi connectivity index (χ0n) is 23.9. The fourth-order valence-corrected chi connectivity index (χ4v) is 6.07. The zero-order chi connectivity index (χ0) is 29.8. The molecule has 0 aliphatic heterocycles. The van der Waals surface area contributed by atoms with E-state index in [2.05, 4.69) is 37.5 Å². The minimum absolute atomic E-state index is 0.0168. The summed E-state index contributed by atoms with van der Waals surface area (Å²) in [6.45, 7) is 0.526. The van der Waals surface area contributed by atoms with Crippen LogP contribution in [0.2, 0.25) is 5.02 Å². The Labute approximate surface area is 257 Å². The van der Waals surface area contributed by atoms with Crippen molar-refractivity contribution in [3.05, 3.63) is 100 Å². The molecule has 1 aromatic carbocycles. The molecular formula is C32H29ClN8O3. The van der Waals surface area contributed by atoms with Crippen molar-refractivity contribution in [1.29, 1.82) is 0 Å². The number of nitrogens with zero attached hydrogens (tertiary/aromatic N) is 7. The Balaban J connectivity index is 1.09. The van der Waals surface area contributed by atoms with Crippen molar-refractivity contribution in [2.24, 2.45) is 7.05 Å². The molecule has 44 heavy (non-hydrogen) atoms. The first kappa shape index (κ1) is 26.9. The molecule has 2 aliphatic rings. The predicted molar refractivity (Wildman–Crippen MR) is 166 cm³/mol. The molecule has 222 valence electrons. The van der Waals surface area contributed by atoms with E-state index in [1.165, 1.54) is 6.20 Å². The number of aryl methyl sites for hydroxylation is 1. The topological polar surface area (TPSA) is 113 Å². The summed E-state index contributed by atoms with van der Waals surface area (Å²) >= 11 is 6.84. The number of imidazole rings is 1. The molecule has 5 heterocycles. The third kappa shape index (κ3) is 4.78. The molecule has 0 spiro atoms. The van der Waals surface area contributed by atoms with Crippen molar-refractivity contribution in [1.82, 2.24) is 33.7 Å². The van der Waals surface area contributed by atoms with E-state index in [0.29, 0.717) is 57.4 Å². The summed E-state index contributed by atoms with van der Waals surface area (Å²) in [5.41, 5.74) is 4.33. The van der Waals surface area contributed by atoms with Crippen LogP contribution in [-0.2, 0) is 18.4 Å². The van der Waals surface area contributed by atoms with Crippen LogP contribution in [0.1, 0.15) is 48.8 Å². The quantitative estimate of drug-likeness (QED) is 0.208. The predicted octanol–water partition coefficient (Wildman–Crippen LogP) is 6.16. The number of fused-ring (bicyclic) bond motifs is 2. The van der Waals surface area contributed by atoms with Gasteiger partial charge in [0.05, 0.1) is 37.3 Å². The first-order valence-electron chi connectivity index (χ1n) is 14.7. The molecule has 2 aliphatic carbocycles. The molecule has 6 aromatic rings. The number of hydrogen-bond acceptors (Lipinski definition) is 8. The van der Waals surface area contributed by atoms with Gasteiger partial charge in [0.1, 0.15) is 21.7 Å². The molecule has 11 nitrogen and oxygen atoms in total. The van der Waals surface area contributed by atoms with Crippen molar-refractivity contribution >= 4 is 39.9 Å². The first-order chi connectivity index (χ1) is 21.5. The molecule has 2 fully saturated rings. The highest BCUT2D eigenvalue weighted by atomic mass is 35.5. The lowest BCUT2D eigenvalue weighted by atomic mass is 9.88. The number of benzene rings is 1. The van der Waals surface area contributed by atoms with E-state index >= 15 is 0 Å². The standard InChI is InChI=1S/C32H29ClN8O3/c1-39-29-28(33)27(44-26-16-36-41-12-11-34-14-24(26)41)15-35-30(29)38-32(39)37-22-13-21(20-7-8-20)17-40(31(22)42)23-9-10-25(23)43-18-19-5-3-2-4-6-19/h2-6,11-17,20,23,25H,7-10,18H2,1H3,(H,35,37,38)/t23-,25-/m1/s1. The second kappa shape index (κ2) is 10.8. The first-order valence-corrected chi connectivity index (χ1v) is 15.1. The van der Waals surface area contributed by atoms with Gasteiger partial charge in [-0.05, 0) is 48.8 Å². The maximum Gasteiger partial charge on any atom is 0.274 e. The molecule has 8 rings (SSSR count). The summed E-state index contributed by atoms with van der Waals surface area (Å²) in [4.78, 5) is 27.2. The van der Waals surface area contributed by atoms with E-state index in [9.17, 15) is 4.79 Å². The Kier molecular flexibility index (Phi) is 6.57. The maximum absolute atomic E-state index is 13.9. The lowest BCUT2D eigenvalue weighted by Gasteiger charge is -2.38. The highest BCUT2D eigenvalue weighted by molar-refractivity contribution is 6.36. The number of anilines is 2. The van der Waals surface area contributed by atoms with E-state index in [1.807, 2.05) is 42.1 Å². The van der Waals surface area contributed by atoms with Gasteiger partial charge in [0.2, 0.25) is 5.95 Å². The number of halogens is 1. The largest absolute Gasteiger partial charge is 0.450 e. The van der Waals surface area contributed by atoms with E-state index in [0.717, 1.165) is 36.8 Å². The van der Waals surface area contributed by atoms with Crippen molar-refractivity contribution < 1.29 is 9.47 Å². The third-order valence-electron chi connectivity index (χ3n) is 8.51. The van der Waals surface area contributed by atoms with Gasteiger partial charge in [-0.15, -0.1) is 0 Å². The lowest BCUT2D eigenvalue weighted by Crippen LogP contribution is -2.41. The van der Waals surface area contributed by atoms with Gasteiger partial charge in [-0.2, -0.15) is 10.1 Å². The van der Waals surface area contributed by atoms with Crippen LogP contribution in [0.5, 0.6) is 11.5 Å². The van der Waals surface area contributed by atoms with Gasteiger partial charge in [-0.3, -0.25) is 9.78 Å². The van der Waals surface area contributed by atoms with Crippen LogP contribution in [0.3, 0.4) is 0 Å². The number of ether oxygens (including phenoxy) is 2. The molecule has 12 heteroatoms. The molecule has 0 saturated heterocycles. The van der Waals surface area contributed by atoms with E-state index < -0.39 is 0 Å². The van der Waals surface area contributed by atoms with Crippen molar-refractivity contribution in [3.63, 3.8) is 0 Å². The Hall–Kier alpha value is -4.74.